The molecule has 0 aromatic heterocycles. The van der Waals surface area contributed by atoms with E-state index < -0.39 is 59.3 Å². The number of benzene rings is 3. The molecule has 1 saturated heterocycles. The van der Waals surface area contributed by atoms with Gasteiger partial charge < -0.3 is 23.7 Å². The van der Waals surface area contributed by atoms with Gasteiger partial charge in [0, 0.05) is 12.2 Å². The molecule has 1 fully saturated rings. The van der Waals surface area contributed by atoms with E-state index in [9.17, 15) is 19.5 Å². The van der Waals surface area contributed by atoms with E-state index in [1.54, 1.807) is 12.1 Å². The fourth-order valence-electron chi connectivity index (χ4n) is 5.53. The van der Waals surface area contributed by atoms with E-state index in [0.29, 0.717) is 11.3 Å². The molecule has 8 nitrogen and oxygen atoms in total. The summed E-state index contributed by atoms with van der Waals surface area (Å²) in [5, 5.41) is 13.1. The van der Waals surface area contributed by atoms with Gasteiger partial charge in [-0.1, -0.05) is 133 Å². The fourth-order valence-corrected chi connectivity index (χ4v) is 10.2. The Morgan fingerprint density at radius 1 is 1.04 bits per heavy atom. The van der Waals surface area contributed by atoms with Gasteiger partial charge in [-0.05, 0) is 60.3 Å². The van der Waals surface area contributed by atoms with Crippen molar-refractivity contribution in [1.29, 1.82) is 0 Å². The molecule has 4 rings (SSSR count). The predicted molar refractivity (Wildman–Crippen MR) is 205 cm³/mol. The number of carboxylic acid groups (broad SMARTS) is 1. The van der Waals surface area contributed by atoms with Crippen LogP contribution in [0.5, 0.6) is 0 Å². The SMILES string of the molecule is C=CCC(C(=O)O)(c1ccccc1P(c1ccccc1)c1ccccc1)N1C(=O)[C@H](C(C)OC(=O)OCC(Cl)(Cl)Cl)[C@H]1SC(=S)OSCC. The van der Waals surface area contributed by atoms with Crippen LogP contribution in [0, 0.1) is 5.92 Å². The van der Waals surface area contributed by atoms with Crippen LogP contribution < -0.4 is 15.9 Å². The first-order chi connectivity index (χ1) is 23.4. The van der Waals surface area contributed by atoms with E-state index in [-0.39, 0.29) is 10.8 Å². The molecular formula is C34H33Cl3NO7PS3. The molecule has 4 atom stereocenters. The molecule has 1 N–H and O–H groups in total. The molecule has 0 spiro atoms. The van der Waals surface area contributed by atoms with Gasteiger partial charge in [-0.15, -0.1) is 6.58 Å². The van der Waals surface area contributed by atoms with E-state index in [4.69, 9.17) is 60.7 Å². The van der Waals surface area contributed by atoms with Crippen molar-refractivity contribution < 1.29 is 33.1 Å². The summed E-state index contributed by atoms with van der Waals surface area (Å²) in [4.78, 5) is 42.0. The number of likely N-dealkylation sites (tertiary alicyclic amines) is 1. The van der Waals surface area contributed by atoms with Crippen molar-refractivity contribution >= 4 is 117 Å². The summed E-state index contributed by atoms with van der Waals surface area (Å²) < 4.78 is 14.2. The molecule has 2 unspecified atom stereocenters. The van der Waals surface area contributed by atoms with E-state index >= 15 is 0 Å². The third-order valence-electron chi connectivity index (χ3n) is 7.51. The molecule has 1 heterocycles. The second-order valence-electron chi connectivity index (χ2n) is 10.6. The van der Waals surface area contributed by atoms with Gasteiger partial charge in [-0.3, -0.25) is 4.79 Å². The minimum Gasteiger partial charge on any atom is -0.479 e. The molecule has 49 heavy (non-hydrogen) atoms. The summed E-state index contributed by atoms with van der Waals surface area (Å²) in [5.41, 5.74) is -1.51. The molecular weight excluding hydrogens is 768 g/mol. The Kier molecular flexibility index (Phi) is 14.1. The number of carbonyl (C=O) groups is 3. The molecule has 0 saturated carbocycles. The van der Waals surface area contributed by atoms with Crippen LogP contribution in [0.2, 0.25) is 0 Å². The van der Waals surface area contributed by atoms with E-state index in [1.165, 1.54) is 17.9 Å². The average molecular weight is 801 g/mol. The standard InChI is InChI=1S/C34H33Cl3NO7PS3/c1-4-20-33(30(40)41,25-18-12-13-19-26(25)46(23-14-8-6-9-15-23)24-16-10-7-11-17-24)38-28(39)27(29(38)49-32(47)45-48-5-2)22(3)44-31(42)43-21-34(35,36)37/h4,6-19,22,27,29H,1,5,20-21H2,2-3H3,(H,40,41)/t22?,27-,29+,33?/m0/s1. The van der Waals surface area contributed by atoms with Crippen LogP contribution in [0.1, 0.15) is 25.8 Å². The Hall–Kier alpha value is -2.50. The Labute approximate surface area is 315 Å². The normalized spacial score (nSPS) is 17.8. The Morgan fingerprint density at radius 3 is 2.14 bits per heavy atom. The van der Waals surface area contributed by atoms with Crippen molar-refractivity contribution in [2.45, 2.75) is 41.1 Å². The van der Waals surface area contributed by atoms with Crippen molar-refractivity contribution in [3.05, 3.63) is 103 Å². The van der Waals surface area contributed by atoms with Crippen LogP contribution in [0.15, 0.2) is 97.6 Å². The number of thioether (sulfide) groups is 1. The first-order valence-electron chi connectivity index (χ1n) is 14.9. The number of nitrogens with zero attached hydrogens (tertiary/aromatic N) is 1. The topological polar surface area (TPSA) is 102 Å². The molecule has 1 amide bonds. The number of hydrogen-bond acceptors (Lipinski definition) is 9. The number of ether oxygens (including phenoxy) is 2. The van der Waals surface area contributed by atoms with Crippen LogP contribution in [-0.4, -0.2) is 60.1 Å². The minimum atomic E-state index is -1.93. The van der Waals surface area contributed by atoms with Crippen molar-refractivity contribution in [2.24, 2.45) is 5.92 Å². The van der Waals surface area contributed by atoms with E-state index in [2.05, 4.69) is 6.58 Å². The second-order valence-corrected chi connectivity index (χ2v) is 18.0. The lowest BCUT2D eigenvalue weighted by atomic mass is 9.78. The fraction of sp³-hybridized carbons (Fsp3) is 0.294. The molecule has 1 aliphatic heterocycles. The number of aliphatic carboxylic acids is 1. The number of hydrogen-bond donors (Lipinski definition) is 1. The highest BCUT2D eigenvalue weighted by molar-refractivity contribution is 8.23. The number of β-lactam (4-membered cyclic amide) rings is 1. The lowest BCUT2D eigenvalue weighted by Crippen LogP contribution is -2.72. The number of rotatable bonds is 14. The van der Waals surface area contributed by atoms with Gasteiger partial charge >= 0.3 is 12.1 Å². The minimum absolute atomic E-state index is 0.0762. The number of alkyl halides is 3. The predicted octanol–water partition coefficient (Wildman–Crippen LogP) is 7.70. The molecule has 3 aromatic rings. The summed E-state index contributed by atoms with van der Waals surface area (Å²) >= 11 is 24.7. The van der Waals surface area contributed by atoms with E-state index in [1.807, 2.05) is 79.7 Å². The number of thiocarbonyl (C=S) groups is 1. The zero-order chi connectivity index (χ0) is 35.8. The van der Waals surface area contributed by atoms with Crippen LogP contribution in [0.4, 0.5) is 4.79 Å². The zero-order valence-electron chi connectivity index (χ0n) is 26.4. The number of amides is 1. The summed E-state index contributed by atoms with van der Waals surface area (Å²) in [6.07, 6.45) is -0.899. The third-order valence-corrected chi connectivity index (χ3v) is 12.5. The van der Waals surface area contributed by atoms with Crippen LogP contribution in [-0.2, 0) is 28.8 Å². The van der Waals surface area contributed by atoms with Crippen LogP contribution in [0.3, 0.4) is 0 Å². The Bertz CT molecular complexity index is 1610. The van der Waals surface area contributed by atoms with E-state index in [0.717, 1.165) is 39.7 Å². The summed E-state index contributed by atoms with van der Waals surface area (Å²) in [6.45, 7) is 6.70. The maximum absolute atomic E-state index is 14.4. The lowest BCUT2D eigenvalue weighted by molar-refractivity contribution is -0.181. The first kappa shape index (κ1) is 39.3. The maximum atomic E-state index is 14.4. The molecule has 15 heteroatoms. The smallest absolute Gasteiger partial charge is 0.479 e. The lowest BCUT2D eigenvalue weighted by Gasteiger charge is -2.56. The van der Waals surface area contributed by atoms with Gasteiger partial charge in [0.05, 0.1) is 12.0 Å². The zero-order valence-corrected chi connectivity index (χ0v) is 32.0. The van der Waals surface area contributed by atoms with Gasteiger partial charge in [0.1, 0.15) is 24.0 Å². The van der Waals surface area contributed by atoms with Crippen molar-refractivity contribution in [3.63, 3.8) is 0 Å². The average Bonchev–Trinajstić information content (AvgIpc) is 3.07. The van der Waals surface area contributed by atoms with Gasteiger partial charge in [-0.2, -0.15) is 0 Å². The molecule has 260 valence electrons. The highest BCUT2D eigenvalue weighted by atomic mass is 35.6. The van der Waals surface area contributed by atoms with Crippen molar-refractivity contribution in [3.8, 4) is 0 Å². The van der Waals surface area contributed by atoms with Crippen molar-refractivity contribution in [1.82, 2.24) is 4.90 Å². The number of carboxylic acids is 1. The number of carbonyl (C=O) groups excluding carboxylic acids is 2. The Morgan fingerprint density at radius 2 is 1.61 bits per heavy atom. The summed E-state index contributed by atoms with van der Waals surface area (Å²) in [7, 11) is -1.29. The summed E-state index contributed by atoms with van der Waals surface area (Å²) in [6, 6.07) is 26.9. The van der Waals surface area contributed by atoms with Gasteiger partial charge in [0.2, 0.25) is 14.1 Å². The molecule has 1 aliphatic rings. The van der Waals surface area contributed by atoms with Gasteiger partial charge in [0.25, 0.3) is 0 Å². The van der Waals surface area contributed by atoms with Gasteiger partial charge in [-0.25, -0.2) is 9.59 Å². The largest absolute Gasteiger partial charge is 0.508 e. The highest BCUT2D eigenvalue weighted by Crippen LogP contribution is 2.50. The molecule has 0 aliphatic carbocycles. The first-order valence-corrected chi connectivity index (χ1v) is 19.6. The van der Waals surface area contributed by atoms with Crippen LogP contribution in [0.25, 0.3) is 0 Å². The van der Waals surface area contributed by atoms with Gasteiger partial charge in [0.15, 0.2) is 5.54 Å². The Balaban J connectivity index is 1.86. The maximum Gasteiger partial charge on any atom is 0.508 e. The van der Waals surface area contributed by atoms with Crippen molar-refractivity contribution in [2.75, 3.05) is 12.4 Å². The molecule has 0 radical (unpaired) electrons. The molecule has 3 aromatic carbocycles. The quantitative estimate of drug-likeness (QED) is 0.0332. The summed E-state index contributed by atoms with van der Waals surface area (Å²) in [5.74, 6) is -2.28. The number of halogens is 3. The third kappa shape index (κ3) is 9.25. The second kappa shape index (κ2) is 17.6. The highest BCUT2D eigenvalue weighted by Gasteiger charge is 2.63. The molecule has 0 bridgehead atoms. The van der Waals surface area contributed by atoms with Crippen LogP contribution >= 0.6 is 78.7 Å². The monoisotopic (exact) mass is 799 g/mol.